The molecule has 0 spiro atoms. The van der Waals surface area contributed by atoms with Crippen LogP contribution in [0.5, 0.6) is 5.88 Å². The van der Waals surface area contributed by atoms with Crippen LogP contribution in [0.1, 0.15) is 11.3 Å². The summed E-state index contributed by atoms with van der Waals surface area (Å²) in [4.78, 5) is 14.2. The fourth-order valence-electron chi connectivity index (χ4n) is 1.24. The predicted octanol–water partition coefficient (Wildman–Crippen LogP) is 1.67. The van der Waals surface area contributed by atoms with Gasteiger partial charge in [-0.3, -0.25) is 4.79 Å². The van der Waals surface area contributed by atoms with Gasteiger partial charge in [0.1, 0.15) is 0 Å². The maximum absolute atomic E-state index is 12.0. The number of carboxylic acid groups (broad SMARTS) is 1. The molecule has 0 radical (unpaired) electrons. The van der Waals surface area contributed by atoms with E-state index in [1.807, 2.05) is 0 Å². The Morgan fingerprint density at radius 1 is 1.56 bits per heavy atom. The number of ether oxygens (including phenoxy) is 1. The number of aliphatic carboxylic acids is 1. The van der Waals surface area contributed by atoms with Gasteiger partial charge in [-0.05, 0) is 28.2 Å². The van der Waals surface area contributed by atoms with E-state index in [-0.39, 0.29) is 18.7 Å². The summed E-state index contributed by atoms with van der Waals surface area (Å²) in [6, 6.07) is 1.02. The minimum Gasteiger partial charge on any atom is -0.481 e. The molecule has 1 aromatic rings. The highest BCUT2D eigenvalue weighted by atomic mass is 127. The van der Waals surface area contributed by atoms with Crippen LogP contribution in [0.25, 0.3) is 0 Å². The summed E-state index contributed by atoms with van der Waals surface area (Å²) in [6.07, 6.45) is -5.21. The molecule has 0 unspecified atom stereocenters. The highest BCUT2D eigenvalue weighted by molar-refractivity contribution is 14.1. The third-order valence-corrected chi connectivity index (χ3v) is 2.84. The maximum atomic E-state index is 12.0. The molecule has 0 saturated heterocycles. The van der Waals surface area contributed by atoms with Crippen molar-refractivity contribution in [1.82, 2.24) is 4.98 Å². The molecule has 0 aliphatic carbocycles. The molecule has 0 aliphatic rings. The second kappa shape index (κ2) is 5.69. The van der Waals surface area contributed by atoms with Gasteiger partial charge in [0.05, 0.1) is 12.1 Å². The lowest BCUT2D eigenvalue weighted by molar-refractivity contribution is -0.276. The SMILES string of the molecule is NCc1nc(OC(F)(F)F)cc(I)c1CC(=O)O. The minimum absolute atomic E-state index is 0.0727. The molecule has 0 amide bonds. The zero-order valence-corrected chi connectivity index (χ0v) is 10.9. The van der Waals surface area contributed by atoms with E-state index in [0.29, 0.717) is 9.13 Å². The van der Waals surface area contributed by atoms with Gasteiger partial charge in [0.15, 0.2) is 0 Å². The second-order valence-electron chi connectivity index (χ2n) is 3.19. The maximum Gasteiger partial charge on any atom is 0.574 e. The van der Waals surface area contributed by atoms with Crippen LogP contribution in [0.3, 0.4) is 0 Å². The Bertz CT molecular complexity index is 465. The van der Waals surface area contributed by atoms with Crippen LogP contribution in [0.4, 0.5) is 13.2 Å². The molecular formula is C9H8F3IN2O3. The number of hydrogen-bond donors (Lipinski definition) is 2. The Morgan fingerprint density at radius 2 is 2.17 bits per heavy atom. The number of nitrogens with two attached hydrogens (primary N) is 1. The third-order valence-electron chi connectivity index (χ3n) is 1.87. The average Bonchev–Trinajstić information content (AvgIpc) is 2.18. The van der Waals surface area contributed by atoms with Gasteiger partial charge in [-0.2, -0.15) is 0 Å². The van der Waals surface area contributed by atoms with Crippen molar-refractivity contribution in [3.8, 4) is 5.88 Å². The highest BCUT2D eigenvalue weighted by Crippen LogP contribution is 2.26. The molecule has 0 bridgehead atoms. The van der Waals surface area contributed by atoms with Gasteiger partial charge < -0.3 is 15.6 Å². The summed E-state index contributed by atoms with van der Waals surface area (Å²) >= 11 is 1.71. The Labute approximate surface area is 113 Å². The van der Waals surface area contributed by atoms with E-state index < -0.39 is 18.2 Å². The molecule has 5 nitrogen and oxygen atoms in total. The van der Waals surface area contributed by atoms with E-state index in [1.54, 1.807) is 22.6 Å². The lowest BCUT2D eigenvalue weighted by Crippen LogP contribution is -2.20. The number of carbonyl (C=O) groups is 1. The van der Waals surface area contributed by atoms with Gasteiger partial charge in [0.2, 0.25) is 5.88 Å². The van der Waals surface area contributed by atoms with Crippen molar-refractivity contribution < 1.29 is 27.8 Å². The number of halogens is 4. The molecule has 1 rings (SSSR count). The molecule has 1 heterocycles. The average molecular weight is 376 g/mol. The van der Waals surface area contributed by atoms with Gasteiger partial charge >= 0.3 is 12.3 Å². The van der Waals surface area contributed by atoms with E-state index in [1.165, 1.54) is 0 Å². The van der Waals surface area contributed by atoms with Crippen LogP contribution in [0, 0.1) is 3.57 Å². The molecular weight excluding hydrogens is 368 g/mol. The van der Waals surface area contributed by atoms with Crippen molar-refractivity contribution in [1.29, 1.82) is 0 Å². The van der Waals surface area contributed by atoms with Crippen LogP contribution in [-0.4, -0.2) is 22.4 Å². The van der Waals surface area contributed by atoms with Crippen LogP contribution in [0.15, 0.2) is 6.07 Å². The Balaban J connectivity index is 3.14. The summed E-state index contributed by atoms with van der Waals surface area (Å²) in [6.45, 7) is -0.173. The standard InChI is InChI=1S/C9H8F3IN2O3/c10-9(11,12)18-7-2-5(13)4(1-8(16)17)6(3-14)15-7/h2H,1,3,14H2,(H,16,17). The first-order valence-corrected chi connectivity index (χ1v) is 5.66. The molecule has 0 saturated carbocycles. The molecule has 0 fully saturated rings. The number of alkyl halides is 3. The summed E-state index contributed by atoms with van der Waals surface area (Å²) in [7, 11) is 0. The number of carboxylic acids is 1. The van der Waals surface area contributed by atoms with Crippen molar-refractivity contribution in [2.24, 2.45) is 5.73 Å². The van der Waals surface area contributed by atoms with E-state index >= 15 is 0 Å². The van der Waals surface area contributed by atoms with E-state index in [0.717, 1.165) is 6.07 Å². The topological polar surface area (TPSA) is 85.4 Å². The zero-order chi connectivity index (χ0) is 13.9. The summed E-state index contributed by atoms with van der Waals surface area (Å²) in [5, 5.41) is 8.68. The van der Waals surface area contributed by atoms with E-state index in [2.05, 4.69) is 9.72 Å². The number of pyridine rings is 1. The largest absolute Gasteiger partial charge is 0.574 e. The van der Waals surface area contributed by atoms with Gasteiger partial charge in [-0.25, -0.2) is 4.98 Å². The normalized spacial score (nSPS) is 11.4. The first-order chi connectivity index (χ1) is 8.23. The molecule has 0 aromatic carbocycles. The fraction of sp³-hybridized carbons (Fsp3) is 0.333. The van der Waals surface area contributed by atoms with Crippen molar-refractivity contribution in [2.75, 3.05) is 0 Å². The Morgan fingerprint density at radius 3 is 2.61 bits per heavy atom. The first kappa shape index (κ1) is 15.0. The second-order valence-corrected chi connectivity index (χ2v) is 4.35. The minimum atomic E-state index is -4.85. The number of aromatic nitrogens is 1. The smallest absolute Gasteiger partial charge is 0.481 e. The van der Waals surface area contributed by atoms with Crippen LogP contribution >= 0.6 is 22.6 Å². The monoisotopic (exact) mass is 376 g/mol. The zero-order valence-electron chi connectivity index (χ0n) is 8.79. The number of hydrogen-bond acceptors (Lipinski definition) is 4. The Hall–Kier alpha value is -1.10. The molecule has 18 heavy (non-hydrogen) atoms. The van der Waals surface area contributed by atoms with Gasteiger partial charge in [-0.15, -0.1) is 13.2 Å². The van der Waals surface area contributed by atoms with Crippen molar-refractivity contribution >= 4 is 28.6 Å². The summed E-state index contributed by atoms with van der Waals surface area (Å²) in [5.74, 6) is -1.77. The van der Waals surface area contributed by atoms with Gasteiger partial charge in [-0.1, -0.05) is 0 Å². The first-order valence-electron chi connectivity index (χ1n) is 4.59. The number of nitrogens with zero attached hydrogens (tertiary/aromatic N) is 1. The molecule has 9 heteroatoms. The van der Waals surface area contributed by atoms with Crippen molar-refractivity contribution in [2.45, 2.75) is 19.3 Å². The number of rotatable bonds is 4. The fourth-order valence-corrected chi connectivity index (χ4v) is 2.01. The molecule has 100 valence electrons. The molecule has 3 N–H and O–H groups in total. The van der Waals surface area contributed by atoms with Gasteiger partial charge in [0.25, 0.3) is 0 Å². The third kappa shape index (κ3) is 4.29. The predicted molar refractivity (Wildman–Crippen MR) is 62.9 cm³/mol. The van der Waals surface area contributed by atoms with Crippen LogP contribution in [-0.2, 0) is 17.8 Å². The quantitative estimate of drug-likeness (QED) is 0.782. The van der Waals surface area contributed by atoms with Crippen LogP contribution in [0.2, 0.25) is 0 Å². The summed E-state index contributed by atoms with van der Waals surface area (Å²) < 4.78 is 40.1. The summed E-state index contributed by atoms with van der Waals surface area (Å²) in [5.41, 5.74) is 5.70. The molecule has 0 atom stereocenters. The van der Waals surface area contributed by atoms with Crippen LogP contribution < -0.4 is 10.5 Å². The van der Waals surface area contributed by atoms with Crippen molar-refractivity contribution in [3.63, 3.8) is 0 Å². The van der Waals surface area contributed by atoms with Gasteiger partial charge in [0, 0.05) is 16.2 Å². The lowest BCUT2D eigenvalue weighted by atomic mass is 10.1. The van der Waals surface area contributed by atoms with Crippen molar-refractivity contribution in [3.05, 3.63) is 20.9 Å². The van der Waals surface area contributed by atoms with E-state index in [4.69, 9.17) is 10.8 Å². The van der Waals surface area contributed by atoms with E-state index in [9.17, 15) is 18.0 Å². The highest BCUT2D eigenvalue weighted by Gasteiger charge is 2.32. The lowest BCUT2D eigenvalue weighted by Gasteiger charge is -2.12. The molecule has 0 aliphatic heterocycles. The Kier molecular flexibility index (Phi) is 4.73. The molecule has 1 aromatic heterocycles.